The van der Waals surface area contributed by atoms with Gasteiger partial charge in [0.2, 0.25) is 5.91 Å². The van der Waals surface area contributed by atoms with E-state index in [2.05, 4.69) is 15.2 Å². The Bertz CT molecular complexity index is 1370. The summed E-state index contributed by atoms with van der Waals surface area (Å²) in [7, 11) is 0. The van der Waals surface area contributed by atoms with Crippen LogP contribution in [0.25, 0.3) is 0 Å². The molecule has 8 nitrogen and oxygen atoms in total. The first-order chi connectivity index (χ1) is 21.8. The predicted octanol–water partition coefficient (Wildman–Crippen LogP) is 4.46. The number of likely N-dealkylation sites (tertiary alicyclic amines) is 2. The van der Waals surface area contributed by atoms with Crippen molar-refractivity contribution in [3.63, 3.8) is 0 Å². The van der Waals surface area contributed by atoms with Gasteiger partial charge in [-0.25, -0.2) is 0 Å². The standard InChI is InChI=1S/C32H39F6N5O3/c33-31(34,35)22-3-1-2-21(16-22)17-39-19-29(44)43-13-9-25-26(43)8-12-42(25)23-6-10-30(45,11-7-23)27-5-4-24(18-40-27)41-14-15-46-28(20-41)32(36,37)38/h1-5,16,18,23,25-26,28,39,45H,6-15,17,19-20H2/t23?,25-,26-,28+,30?/m0/s1. The van der Waals surface area contributed by atoms with Gasteiger partial charge in [0.15, 0.2) is 6.10 Å². The fourth-order valence-corrected chi connectivity index (χ4v) is 7.65. The topological polar surface area (TPSA) is 81.2 Å². The average molecular weight is 656 g/mol. The molecule has 0 bridgehead atoms. The van der Waals surface area contributed by atoms with Gasteiger partial charge in [-0.2, -0.15) is 26.3 Å². The van der Waals surface area contributed by atoms with Crippen molar-refractivity contribution in [2.24, 2.45) is 0 Å². The van der Waals surface area contributed by atoms with Crippen LogP contribution in [0.3, 0.4) is 0 Å². The number of hydrogen-bond donors (Lipinski definition) is 2. The summed E-state index contributed by atoms with van der Waals surface area (Å²) in [5, 5.41) is 14.5. The summed E-state index contributed by atoms with van der Waals surface area (Å²) in [5.74, 6) is -0.0557. The third kappa shape index (κ3) is 6.99. The van der Waals surface area contributed by atoms with Crippen molar-refractivity contribution in [3.8, 4) is 0 Å². The van der Waals surface area contributed by atoms with Gasteiger partial charge in [-0.05, 0) is 62.3 Å². The lowest BCUT2D eigenvalue weighted by Gasteiger charge is -2.41. The van der Waals surface area contributed by atoms with Crippen molar-refractivity contribution in [2.45, 2.75) is 87.3 Å². The van der Waals surface area contributed by atoms with Crippen molar-refractivity contribution < 1.29 is 41.0 Å². The molecule has 2 aromatic rings. The zero-order valence-electron chi connectivity index (χ0n) is 25.4. The molecule has 1 aromatic heterocycles. The minimum Gasteiger partial charge on any atom is -0.384 e. The number of alkyl halides is 6. The quantitative estimate of drug-likeness (QED) is 0.427. The van der Waals surface area contributed by atoms with Gasteiger partial charge >= 0.3 is 12.4 Å². The second-order valence-corrected chi connectivity index (χ2v) is 12.9. The molecule has 4 fully saturated rings. The average Bonchev–Trinajstić information content (AvgIpc) is 3.64. The van der Waals surface area contributed by atoms with Gasteiger partial charge in [-0.1, -0.05) is 18.2 Å². The van der Waals surface area contributed by atoms with Gasteiger partial charge in [0.25, 0.3) is 0 Å². The number of nitrogens with zero attached hydrogens (tertiary/aromatic N) is 4. The van der Waals surface area contributed by atoms with E-state index >= 15 is 0 Å². The van der Waals surface area contributed by atoms with Gasteiger partial charge in [0.05, 0.1) is 42.8 Å². The zero-order chi connectivity index (χ0) is 32.7. The Balaban J connectivity index is 0.985. The van der Waals surface area contributed by atoms with Crippen LogP contribution in [-0.2, 0) is 27.9 Å². The number of ether oxygens (including phenoxy) is 1. The molecule has 0 radical (unpaired) electrons. The predicted molar refractivity (Wildman–Crippen MR) is 157 cm³/mol. The Labute approximate surface area is 263 Å². The summed E-state index contributed by atoms with van der Waals surface area (Å²) >= 11 is 0. The van der Waals surface area contributed by atoms with Crippen LogP contribution in [0.15, 0.2) is 42.6 Å². The van der Waals surface area contributed by atoms with Crippen LogP contribution in [0.5, 0.6) is 0 Å². The van der Waals surface area contributed by atoms with Crippen LogP contribution in [0.4, 0.5) is 32.0 Å². The number of amides is 1. The molecule has 4 heterocycles. The molecule has 2 N–H and O–H groups in total. The first-order valence-electron chi connectivity index (χ1n) is 15.9. The molecule has 1 amide bonds. The Morgan fingerprint density at radius 3 is 2.46 bits per heavy atom. The molecule has 252 valence electrons. The Morgan fingerprint density at radius 2 is 1.76 bits per heavy atom. The number of aliphatic hydroxyl groups is 1. The molecule has 46 heavy (non-hydrogen) atoms. The number of fused-ring (bicyclic) bond motifs is 1. The van der Waals surface area contributed by atoms with Crippen molar-refractivity contribution >= 4 is 11.6 Å². The van der Waals surface area contributed by atoms with E-state index in [1.165, 1.54) is 12.3 Å². The van der Waals surface area contributed by atoms with Gasteiger partial charge in [0.1, 0.15) is 5.60 Å². The largest absolute Gasteiger partial charge is 0.416 e. The van der Waals surface area contributed by atoms with E-state index in [0.29, 0.717) is 42.9 Å². The number of pyridine rings is 1. The van der Waals surface area contributed by atoms with E-state index in [1.54, 1.807) is 23.1 Å². The monoisotopic (exact) mass is 655 g/mol. The number of anilines is 1. The number of benzene rings is 1. The molecular weight excluding hydrogens is 616 g/mol. The Kier molecular flexibility index (Phi) is 9.27. The molecule has 4 aliphatic rings. The molecule has 1 aliphatic carbocycles. The van der Waals surface area contributed by atoms with Crippen molar-refractivity contribution in [1.82, 2.24) is 20.1 Å². The molecule has 1 aromatic carbocycles. The van der Waals surface area contributed by atoms with Crippen LogP contribution >= 0.6 is 0 Å². The number of hydrogen-bond acceptors (Lipinski definition) is 7. The van der Waals surface area contributed by atoms with Gasteiger partial charge in [0, 0.05) is 44.3 Å². The highest BCUT2D eigenvalue weighted by molar-refractivity contribution is 5.79. The van der Waals surface area contributed by atoms with Crippen LogP contribution in [0.2, 0.25) is 0 Å². The van der Waals surface area contributed by atoms with E-state index in [0.717, 1.165) is 44.4 Å². The van der Waals surface area contributed by atoms with Crippen molar-refractivity contribution in [2.75, 3.05) is 44.2 Å². The third-order valence-electron chi connectivity index (χ3n) is 10.1. The lowest BCUT2D eigenvalue weighted by molar-refractivity contribution is -0.221. The molecule has 0 spiro atoms. The van der Waals surface area contributed by atoms with Crippen LogP contribution in [0, 0.1) is 0 Å². The highest BCUT2D eigenvalue weighted by atomic mass is 19.4. The van der Waals surface area contributed by atoms with Gasteiger partial charge in [-0.15, -0.1) is 0 Å². The number of rotatable bonds is 7. The van der Waals surface area contributed by atoms with Crippen LogP contribution < -0.4 is 10.2 Å². The van der Waals surface area contributed by atoms with E-state index in [-0.39, 0.29) is 50.3 Å². The zero-order valence-corrected chi connectivity index (χ0v) is 25.4. The lowest BCUT2D eigenvalue weighted by atomic mass is 9.79. The second kappa shape index (κ2) is 12.9. The summed E-state index contributed by atoms with van der Waals surface area (Å²) < 4.78 is 83.3. The highest BCUT2D eigenvalue weighted by Crippen LogP contribution is 2.42. The maximum Gasteiger partial charge on any atom is 0.416 e. The van der Waals surface area contributed by atoms with Gasteiger partial charge in [-0.3, -0.25) is 14.7 Å². The van der Waals surface area contributed by atoms with Crippen LogP contribution in [0.1, 0.15) is 55.3 Å². The molecule has 0 unspecified atom stereocenters. The fraction of sp³-hybridized carbons (Fsp3) is 0.625. The molecule has 1 saturated carbocycles. The van der Waals surface area contributed by atoms with Crippen molar-refractivity contribution in [1.29, 1.82) is 0 Å². The summed E-state index contributed by atoms with van der Waals surface area (Å²) in [5.41, 5.74) is -0.279. The van der Waals surface area contributed by atoms with E-state index in [9.17, 15) is 36.2 Å². The minimum atomic E-state index is -4.43. The smallest absolute Gasteiger partial charge is 0.384 e. The maximum absolute atomic E-state index is 13.1. The third-order valence-corrected chi connectivity index (χ3v) is 10.1. The lowest BCUT2D eigenvalue weighted by Crippen LogP contribution is -2.49. The molecular formula is C32H39F6N5O3. The number of carbonyl (C=O) groups is 1. The number of morpholine rings is 1. The fourth-order valence-electron chi connectivity index (χ4n) is 7.65. The first-order valence-corrected chi connectivity index (χ1v) is 15.9. The highest BCUT2D eigenvalue weighted by Gasteiger charge is 2.48. The molecule has 3 aliphatic heterocycles. The second-order valence-electron chi connectivity index (χ2n) is 12.9. The van der Waals surface area contributed by atoms with Crippen LogP contribution in [-0.4, -0.2) is 95.5 Å². The molecule has 3 atom stereocenters. The summed E-state index contributed by atoms with van der Waals surface area (Å²) in [4.78, 5) is 23.5. The SMILES string of the molecule is O=C(CNCc1cccc(C(F)(F)F)c1)N1CC[C@H]2[C@@H]1CCN2C1CCC(O)(c2ccc(N3CCO[C@@H](C(F)(F)F)C3)cn2)CC1. The maximum atomic E-state index is 13.1. The number of halogens is 6. The molecule has 6 rings (SSSR count). The van der Waals surface area contributed by atoms with Gasteiger partial charge < -0.3 is 25.0 Å². The minimum absolute atomic E-state index is 0.0261. The summed E-state index contributed by atoms with van der Waals surface area (Å²) in [6.45, 7) is 1.71. The first kappa shape index (κ1) is 33.0. The number of aromatic nitrogens is 1. The molecule has 14 heteroatoms. The summed E-state index contributed by atoms with van der Waals surface area (Å²) in [6.07, 6.45) is -4.93. The Hall–Kier alpha value is -2.94. The summed E-state index contributed by atoms with van der Waals surface area (Å²) in [6, 6.07) is 9.10. The number of nitrogens with one attached hydrogen (secondary N) is 1. The number of carbonyl (C=O) groups excluding carboxylic acids is 1. The van der Waals surface area contributed by atoms with E-state index < -0.39 is 29.6 Å². The van der Waals surface area contributed by atoms with E-state index in [1.807, 2.05) is 4.90 Å². The normalized spacial score (nSPS) is 29.3. The van der Waals surface area contributed by atoms with E-state index in [4.69, 9.17) is 4.74 Å². The molecule has 3 saturated heterocycles. The Morgan fingerprint density at radius 1 is 1.00 bits per heavy atom. The van der Waals surface area contributed by atoms with Crippen molar-refractivity contribution in [3.05, 3.63) is 59.4 Å².